The first-order chi connectivity index (χ1) is 8.47. The van der Waals surface area contributed by atoms with E-state index in [4.69, 9.17) is 4.74 Å². The molecule has 1 rings (SSSR count). The molecular weight excluding hydrogens is 226 g/mol. The van der Waals surface area contributed by atoms with Gasteiger partial charge >= 0.3 is 0 Å². The highest BCUT2D eigenvalue weighted by atomic mass is 16.5. The van der Waals surface area contributed by atoms with Crippen LogP contribution in [0.4, 0.5) is 0 Å². The van der Waals surface area contributed by atoms with Gasteiger partial charge < -0.3 is 9.64 Å². The van der Waals surface area contributed by atoms with Crippen LogP contribution in [0, 0.1) is 0 Å². The number of nitrogens with zero attached hydrogens (tertiary/aromatic N) is 1. The first kappa shape index (κ1) is 14.6. The molecule has 0 spiro atoms. The zero-order valence-corrected chi connectivity index (χ0v) is 11.9. The third-order valence-electron chi connectivity index (χ3n) is 2.93. The Morgan fingerprint density at radius 2 is 1.72 bits per heavy atom. The monoisotopic (exact) mass is 249 g/mol. The third-order valence-corrected chi connectivity index (χ3v) is 2.93. The third kappa shape index (κ3) is 3.49. The van der Waals surface area contributed by atoms with Crippen LogP contribution in [0.15, 0.2) is 24.3 Å². The van der Waals surface area contributed by atoms with Gasteiger partial charge in [0.25, 0.3) is 0 Å². The largest absolute Gasteiger partial charge is 0.496 e. The molecule has 3 heteroatoms. The summed E-state index contributed by atoms with van der Waals surface area (Å²) in [6.45, 7) is 8.17. The lowest BCUT2D eigenvalue weighted by Crippen LogP contribution is -2.42. The highest BCUT2D eigenvalue weighted by Gasteiger charge is 2.21. The number of benzene rings is 1. The maximum absolute atomic E-state index is 12.3. The van der Waals surface area contributed by atoms with E-state index < -0.39 is 0 Å². The quantitative estimate of drug-likeness (QED) is 0.803. The number of rotatable bonds is 5. The van der Waals surface area contributed by atoms with Crippen molar-refractivity contribution in [3.63, 3.8) is 0 Å². The Balaban J connectivity index is 2.86. The van der Waals surface area contributed by atoms with E-state index in [1.165, 1.54) is 0 Å². The van der Waals surface area contributed by atoms with Crippen LogP contribution in [0.5, 0.6) is 5.75 Å². The maximum atomic E-state index is 12.3. The fourth-order valence-electron chi connectivity index (χ4n) is 2.28. The first-order valence-electron chi connectivity index (χ1n) is 6.40. The number of hydrogen-bond acceptors (Lipinski definition) is 2. The number of carbonyl (C=O) groups excluding carboxylic acids is 1. The van der Waals surface area contributed by atoms with Crippen LogP contribution < -0.4 is 4.74 Å². The molecule has 0 fully saturated rings. The molecule has 1 amide bonds. The summed E-state index contributed by atoms with van der Waals surface area (Å²) in [4.78, 5) is 14.2. The Bertz CT molecular complexity index is 391. The van der Waals surface area contributed by atoms with Crippen LogP contribution in [0.25, 0.3) is 0 Å². The van der Waals surface area contributed by atoms with E-state index in [1.54, 1.807) is 7.11 Å². The molecule has 0 saturated carbocycles. The summed E-state index contributed by atoms with van der Waals surface area (Å²) in [6.07, 6.45) is 0.389. The smallest absolute Gasteiger partial charge is 0.227 e. The lowest BCUT2D eigenvalue weighted by atomic mass is 10.1. The summed E-state index contributed by atoms with van der Waals surface area (Å²) in [6, 6.07) is 8.10. The van der Waals surface area contributed by atoms with E-state index in [-0.39, 0.29) is 18.0 Å². The second-order valence-corrected chi connectivity index (χ2v) is 4.98. The zero-order valence-electron chi connectivity index (χ0n) is 11.9. The SMILES string of the molecule is COc1ccccc1CC(=O)N(C(C)C)C(C)C. The molecule has 0 N–H and O–H groups in total. The average Bonchev–Trinajstić information content (AvgIpc) is 2.28. The molecule has 100 valence electrons. The van der Waals surface area contributed by atoms with Gasteiger partial charge in [0, 0.05) is 17.6 Å². The lowest BCUT2D eigenvalue weighted by molar-refractivity contribution is -0.134. The molecule has 1 aromatic carbocycles. The summed E-state index contributed by atoms with van der Waals surface area (Å²) in [7, 11) is 1.63. The molecule has 0 aliphatic heterocycles. The van der Waals surface area contributed by atoms with Crippen LogP contribution in [-0.2, 0) is 11.2 Å². The van der Waals surface area contributed by atoms with Gasteiger partial charge in [0.1, 0.15) is 5.75 Å². The topological polar surface area (TPSA) is 29.5 Å². The molecule has 0 aromatic heterocycles. The number of carbonyl (C=O) groups is 1. The normalized spacial score (nSPS) is 10.8. The van der Waals surface area contributed by atoms with Crippen molar-refractivity contribution in [2.45, 2.75) is 46.2 Å². The van der Waals surface area contributed by atoms with Crippen LogP contribution in [0.3, 0.4) is 0 Å². The number of methoxy groups -OCH3 is 1. The highest BCUT2D eigenvalue weighted by Crippen LogP contribution is 2.19. The fourth-order valence-corrected chi connectivity index (χ4v) is 2.28. The van der Waals surface area contributed by atoms with Crippen molar-refractivity contribution in [2.75, 3.05) is 7.11 Å². The minimum absolute atomic E-state index is 0.143. The minimum atomic E-state index is 0.143. The molecule has 1 aromatic rings. The standard InChI is InChI=1S/C15H23NO2/c1-11(2)16(12(3)4)15(17)10-13-8-6-7-9-14(13)18-5/h6-9,11-12H,10H2,1-5H3. The van der Waals surface area contributed by atoms with Gasteiger partial charge in [-0.25, -0.2) is 0 Å². The summed E-state index contributed by atoms with van der Waals surface area (Å²) in [5.41, 5.74) is 0.941. The van der Waals surface area contributed by atoms with Crippen molar-refractivity contribution in [1.29, 1.82) is 0 Å². The minimum Gasteiger partial charge on any atom is -0.496 e. The van der Waals surface area contributed by atoms with E-state index in [1.807, 2.05) is 56.9 Å². The van der Waals surface area contributed by atoms with Crippen molar-refractivity contribution < 1.29 is 9.53 Å². The molecule has 0 saturated heterocycles. The molecule has 0 atom stereocenters. The van der Waals surface area contributed by atoms with Gasteiger partial charge in [-0.2, -0.15) is 0 Å². The van der Waals surface area contributed by atoms with Gasteiger partial charge in [-0.05, 0) is 33.8 Å². The second-order valence-electron chi connectivity index (χ2n) is 4.98. The van der Waals surface area contributed by atoms with E-state index in [2.05, 4.69) is 0 Å². The Morgan fingerprint density at radius 1 is 1.17 bits per heavy atom. The van der Waals surface area contributed by atoms with Crippen LogP contribution >= 0.6 is 0 Å². The summed E-state index contributed by atoms with van der Waals surface area (Å²) >= 11 is 0. The van der Waals surface area contributed by atoms with Gasteiger partial charge in [0.05, 0.1) is 13.5 Å². The number of hydrogen-bond donors (Lipinski definition) is 0. The van der Waals surface area contributed by atoms with E-state index >= 15 is 0 Å². The van der Waals surface area contributed by atoms with Crippen molar-refractivity contribution in [2.24, 2.45) is 0 Å². The van der Waals surface area contributed by atoms with Crippen molar-refractivity contribution in [3.05, 3.63) is 29.8 Å². The molecule has 0 heterocycles. The predicted octanol–water partition coefficient (Wildman–Crippen LogP) is 2.88. The van der Waals surface area contributed by atoms with Gasteiger partial charge in [0.15, 0.2) is 0 Å². The number of amides is 1. The Morgan fingerprint density at radius 3 is 2.22 bits per heavy atom. The molecule has 0 unspecified atom stereocenters. The van der Waals surface area contributed by atoms with E-state index in [0.717, 1.165) is 11.3 Å². The van der Waals surface area contributed by atoms with Crippen molar-refractivity contribution in [1.82, 2.24) is 4.90 Å². The first-order valence-corrected chi connectivity index (χ1v) is 6.40. The van der Waals surface area contributed by atoms with Crippen LogP contribution in [0.1, 0.15) is 33.3 Å². The molecular formula is C15H23NO2. The summed E-state index contributed by atoms with van der Waals surface area (Å²) in [5.74, 6) is 0.919. The number of ether oxygens (including phenoxy) is 1. The molecule has 3 nitrogen and oxygen atoms in total. The molecule has 0 bridgehead atoms. The van der Waals surface area contributed by atoms with Crippen LogP contribution in [-0.4, -0.2) is 30.0 Å². The van der Waals surface area contributed by atoms with Gasteiger partial charge in [0.2, 0.25) is 5.91 Å². The fraction of sp³-hybridized carbons (Fsp3) is 0.533. The van der Waals surface area contributed by atoms with Gasteiger partial charge in [-0.3, -0.25) is 4.79 Å². The number of para-hydroxylation sites is 1. The van der Waals surface area contributed by atoms with Crippen molar-refractivity contribution in [3.8, 4) is 5.75 Å². The predicted molar refractivity (Wildman–Crippen MR) is 73.8 cm³/mol. The van der Waals surface area contributed by atoms with Gasteiger partial charge in [-0.15, -0.1) is 0 Å². The van der Waals surface area contributed by atoms with E-state index in [0.29, 0.717) is 6.42 Å². The average molecular weight is 249 g/mol. The molecule has 0 aliphatic rings. The summed E-state index contributed by atoms with van der Waals surface area (Å²) in [5, 5.41) is 0. The molecule has 18 heavy (non-hydrogen) atoms. The molecule has 0 aliphatic carbocycles. The Hall–Kier alpha value is -1.51. The van der Waals surface area contributed by atoms with Crippen LogP contribution in [0.2, 0.25) is 0 Å². The zero-order chi connectivity index (χ0) is 13.7. The lowest BCUT2D eigenvalue weighted by Gasteiger charge is -2.31. The second kappa shape index (κ2) is 6.43. The summed E-state index contributed by atoms with van der Waals surface area (Å²) < 4.78 is 5.28. The Kier molecular flexibility index (Phi) is 5.20. The van der Waals surface area contributed by atoms with Gasteiger partial charge in [-0.1, -0.05) is 18.2 Å². The Labute approximate surface area is 110 Å². The highest BCUT2D eigenvalue weighted by molar-refractivity contribution is 5.80. The van der Waals surface area contributed by atoms with Crippen molar-refractivity contribution >= 4 is 5.91 Å². The molecule has 0 radical (unpaired) electrons. The maximum Gasteiger partial charge on any atom is 0.227 e. The van der Waals surface area contributed by atoms with E-state index in [9.17, 15) is 4.79 Å².